The number of amides is 1. The highest BCUT2D eigenvalue weighted by Gasteiger charge is 2.29. The second kappa shape index (κ2) is 7.74. The number of rotatable bonds is 5. The Morgan fingerprint density at radius 2 is 1.82 bits per heavy atom. The Kier molecular flexibility index (Phi) is 6.22. The van der Waals surface area contributed by atoms with Crippen LogP contribution < -0.4 is 0 Å². The van der Waals surface area contributed by atoms with Gasteiger partial charge >= 0.3 is 0 Å². The Balaban J connectivity index is 1.98. The highest BCUT2D eigenvalue weighted by atomic mass is 127. The molecule has 0 aliphatic carbocycles. The third-order valence-electron chi connectivity index (χ3n) is 3.78. The van der Waals surface area contributed by atoms with Gasteiger partial charge in [0, 0.05) is 29.7 Å². The van der Waals surface area contributed by atoms with E-state index in [-0.39, 0.29) is 11.7 Å². The van der Waals surface area contributed by atoms with E-state index < -0.39 is 10.0 Å². The van der Waals surface area contributed by atoms with Crippen LogP contribution in [0.25, 0.3) is 0 Å². The standard InChI is InChI=1S/C15H21IN2O3S/c1-2-3-12-22(20,21)18-10-8-17(9-11-18)15(19)13-6-4-5-7-14(13)16/h4-7H,2-3,8-12H2,1H3. The van der Waals surface area contributed by atoms with Crippen molar-refractivity contribution < 1.29 is 13.2 Å². The Morgan fingerprint density at radius 1 is 1.18 bits per heavy atom. The van der Waals surface area contributed by atoms with E-state index in [1.165, 1.54) is 4.31 Å². The molecule has 1 fully saturated rings. The summed E-state index contributed by atoms with van der Waals surface area (Å²) in [6, 6.07) is 7.46. The van der Waals surface area contributed by atoms with Crippen LogP contribution in [0.1, 0.15) is 30.1 Å². The molecule has 122 valence electrons. The molecule has 0 saturated carbocycles. The van der Waals surface area contributed by atoms with Crippen LogP contribution in [0.2, 0.25) is 0 Å². The molecular weight excluding hydrogens is 415 g/mol. The van der Waals surface area contributed by atoms with E-state index in [9.17, 15) is 13.2 Å². The molecule has 2 rings (SSSR count). The topological polar surface area (TPSA) is 57.7 Å². The molecule has 1 aromatic carbocycles. The van der Waals surface area contributed by atoms with Gasteiger partial charge in [-0.3, -0.25) is 4.79 Å². The fourth-order valence-electron chi connectivity index (χ4n) is 2.43. The molecule has 0 spiro atoms. The van der Waals surface area contributed by atoms with Crippen molar-refractivity contribution in [3.63, 3.8) is 0 Å². The maximum atomic E-state index is 12.5. The molecular formula is C15H21IN2O3S. The van der Waals surface area contributed by atoms with Gasteiger partial charge in [0.2, 0.25) is 10.0 Å². The van der Waals surface area contributed by atoms with E-state index in [0.717, 1.165) is 9.99 Å². The van der Waals surface area contributed by atoms with Crippen LogP contribution in [-0.4, -0.2) is 55.5 Å². The first kappa shape index (κ1) is 17.7. The highest BCUT2D eigenvalue weighted by Crippen LogP contribution is 2.16. The first-order valence-corrected chi connectivity index (χ1v) is 10.2. The van der Waals surface area contributed by atoms with Crippen LogP contribution in [0.15, 0.2) is 24.3 Å². The van der Waals surface area contributed by atoms with E-state index >= 15 is 0 Å². The summed E-state index contributed by atoms with van der Waals surface area (Å²) in [6.45, 7) is 3.67. The quantitative estimate of drug-likeness (QED) is 0.665. The highest BCUT2D eigenvalue weighted by molar-refractivity contribution is 14.1. The normalized spacial score (nSPS) is 16.7. The van der Waals surface area contributed by atoms with E-state index in [2.05, 4.69) is 22.6 Å². The van der Waals surface area contributed by atoms with E-state index in [4.69, 9.17) is 0 Å². The molecule has 1 amide bonds. The second-order valence-electron chi connectivity index (χ2n) is 5.34. The smallest absolute Gasteiger partial charge is 0.255 e. The van der Waals surface area contributed by atoms with Crippen LogP contribution in [0.3, 0.4) is 0 Å². The van der Waals surface area contributed by atoms with Crippen molar-refractivity contribution in [2.45, 2.75) is 19.8 Å². The van der Waals surface area contributed by atoms with Crippen molar-refractivity contribution in [1.29, 1.82) is 0 Å². The predicted octanol–water partition coefficient (Wildman–Crippen LogP) is 2.18. The van der Waals surface area contributed by atoms with Crippen molar-refractivity contribution in [1.82, 2.24) is 9.21 Å². The number of carbonyl (C=O) groups is 1. The average molecular weight is 436 g/mol. The third-order valence-corrected chi connectivity index (χ3v) is 6.68. The zero-order valence-corrected chi connectivity index (χ0v) is 15.6. The number of sulfonamides is 1. The van der Waals surface area contributed by atoms with Crippen molar-refractivity contribution in [2.24, 2.45) is 0 Å². The maximum Gasteiger partial charge on any atom is 0.255 e. The van der Waals surface area contributed by atoms with Crippen LogP contribution in [0.5, 0.6) is 0 Å². The Hall–Kier alpha value is -0.670. The maximum absolute atomic E-state index is 12.5. The lowest BCUT2D eigenvalue weighted by molar-refractivity contribution is 0.0697. The molecule has 5 nitrogen and oxygen atoms in total. The van der Waals surface area contributed by atoms with E-state index in [1.807, 2.05) is 31.2 Å². The molecule has 1 aromatic rings. The molecule has 0 atom stereocenters. The van der Waals surface area contributed by atoms with Gasteiger partial charge in [-0.15, -0.1) is 0 Å². The fraction of sp³-hybridized carbons (Fsp3) is 0.533. The minimum absolute atomic E-state index is 0.0180. The number of carbonyl (C=O) groups excluding carboxylic acids is 1. The summed E-state index contributed by atoms with van der Waals surface area (Å²) in [5.41, 5.74) is 0.686. The minimum Gasteiger partial charge on any atom is -0.336 e. The summed E-state index contributed by atoms with van der Waals surface area (Å²) in [4.78, 5) is 14.2. The van der Waals surface area contributed by atoms with E-state index in [1.54, 1.807) is 4.90 Å². The Bertz CT molecular complexity index is 625. The van der Waals surface area contributed by atoms with Gasteiger partial charge in [0.1, 0.15) is 0 Å². The van der Waals surface area contributed by atoms with Crippen LogP contribution in [-0.2, 0) is 10.0 Å². The van der Waals surface area contributed by atoms with Crippen molar-refractivity contribution >= 4 is 38.5 Å². The van der Waals surface area contributed by atoms with Crippen LogP contribution in [0, 0.1) is 3.57 Å². The summed E-state index contributed by atoms with van der Waals surface area (Å²) in [5, 5.41) is 0. The van der Waals surface area contributed by atoms with Gasteiger partial charge in [0.05, 0.1) is 11.3 Å². The van der Waals surface area contributed by atoms with Gasteiger partial charge in [-0.2, -0.15) is 4.31 Å². The lowest BCUT2D eigenvalue weighted by Crippen LogP contribution is -2.51. The monoisotopic (exact) mass is 436 g/mol. The average Bonchev–Trinajstić information content (AvgIpc) is 2.53. The van der Waals surface area contributed by atoms with Gasteiger partial charge in [0.25, 0.3) is 5.91 Å². The first-order chi connectivity index (χ1) is 10.5. The van der Waals surface area contributed by atoms with Crippen LogP contribution >= 0.6 is 22.6 Å². The molecule has 1 aliphatic heterocycles. The van der Waals surface area contributed by atoms with Gasteiger partial charge in [-0.1, -0.05) is 25.5 Å². The third kappa shape index (κ3) is 4.20. The van der Waals surface area contributed by atoms with Gasteiger partial charge in [-0.05, 0) is 41.1 Å². The summed E-state index contributed by atoms with van der Waals surface area (Å²) in [5.74, 6) is 0.184. The van der Waals surface area contributed by atoms with Gasteiger partial charge in [0.15, 0.2) is 0 Å². The molecule has 0 bridgehead atoms. The number of benzene rings is 1. The van der Waals surface area contributed by atoms with Gasteiger partial charge < -0.3 is 4.90 Å². The molecule has 22 heavy (non-hydrogen) atoms. The van der Waals surface area contributed by atoms with E-state index in [0.29, 0.717) is 38.2 Å². The lowest BCUT2D eigenvalue weighted by Gasteiger charge is -2.34. The molecule has 0 radical (unpaired) electrons. The van der Waals surface area contributed by atoms with Gasteiger partial charge in [-0.25, -0.2) is 8.42 Å². The zero-order valence-electron chi connectivity index (χ0n) is 12.7. The van der Waals surface area contributed by atoms with Crippen molar-refractivity contribution in [3.8, 4) is 0 Å². The Morgan fingerprint density at radius 3 is 2.41 bits per heavy atom. The van der Waals surface area contributed by atoms with Crippen molar-refractivity contribution in [2.75, 3.05) is 31.9 Å². The van der Waals surface area contributed by atoms with Crippen LogP contribution in [0.4, 0.5) is 0 Å². The first-order valence-electron chi connectivity index (χ1n) is 7.47. The number of hydrogen-bond acceptors (Lipinski definition) is 3. The number of nitrogens with zero attached hydrogens (tertiary/aromatic N) is 2. The molecule has 7 heteroatoms. The molecule has 0 unspecified atom stereocenters. The molecule has 0 N–H and O–H groups in total. The fourth-order valence-corrected chi connectivity index (χ4v) is 4.68. The SMILES string of the molecule is CCCCS(=O)(=O)N1CCN(C(=O)c2ccccc2I)CC1. The number of unbranched alkanes of at least 4 members (excludes halogenated alkanes) is 1. The summed E-state index contributed by atoms with van der Waals surface area (Å²) < 4.78 is 26.8. The summed E-state index contributed by atoms with van der Waals surface area (Å²) in [6.07, 6.45) is 1.55. The number of halogens is 1. The largest absolute Gasteiger partial charge is 0.336 e. The lowest BCUT2D eigenvalue weighted by atomic mass is 10.2. The molecule has 1 heterocycles. The molecule has 0 aromatic heterocycles. The number of hydrogen-bond donors (Lipinski definition) is 0. The Labute approximate surface area is 145 Å². The summed E-state index contributed by atoms with van der Waals surface area (Å²) >= 11 is 2.15. The molecule has 1 aliphatic rings. The summed E-state index contributed by atoms with van der Waals surface area (Å²) in [7, 11) is -3.17. The second-order valence-corrected chi connectivity index (χ2v) is 8.59. The minimum atomic E-state index is -3.17. The predicted molar refractivity (Wildman–Crippen MR) is 95.3 cm³/mol. The zero-order chi connectivity index (χ0) is 16.2. The number of piperazine rings is 1. The van der Waals surface area contributed by atoms with Crippen molar-refractivity contribution in [3.05, 3.63) is 33.4 Å². The molecule has 1 saturated heterocycles.